The first-order valence-electron chi connectivity index (χ1n) is 6.93. The van der Waals surface area contributed by atoms with Gasteiger partial charge in [0.25, 0.3) is 0 Å². The maximum Gasteiger partial charge on any atom is 0.317 e. The van der Waals surface area contributed by atoms with Gasteiger partial charge in [0.05, 0.1) is 26.7 Å². The Morgan fingerprint density at radius 1 is 1.32 bits per heavy atom. The number of nitrogens with one attached hydrogen (secondary N) is 1. The number of amides is 2. The van der Waals surface area contributed by atoms with Crippen molar-refractivity contribution < 1.29 is 13.2 Å². The highest BCUT2D eigenvalue weighted by Crippen LogP contribution is 2.28. The van der Waals surface area contributed by atoms with Crippen LogP contribution in [0.5, 0.6) is 0 Å². The monoisotopic (exact) mass is 338 g/mol. The predicted octanol–water partition coefficient (Wildman–Crippen LogP) is 0.694. The van der Waals surface area contributed by atoms with Crippen molar-refractivity contribution in [1.29, 1.82) is 0 Å². The molecule has 2 aliphatic heterocycles. The highest BCUT2D eigenvalue weighted by molar-refractivity contribution is 7.89. The van der Waals surface area contributed by atoms with Crippen LogP contribution in [-0.4, -0.2) is 60.9 Å². The number of rotatable bonds is 3. The second-order valence-electron chi connectivity index (χ2n) is 5.38. The summed E-state index contributed by atoms with van der Waals surface area (Å²) in [6.45, 7) is 1.99. The summed E-state index contributed by atoms with van der Waals surface area (Å²) in [6, 6.07) is 4.85. The van der Waals surface area contributed by atoms with E-state index in [1.165, 1.54) is 15.6 Å². The van der Waals surface area contributed by atoms with Crippen molar-refractivity contribution in [1.82, 2.24) is 19.5 Å². The molecule has 4 rings (SSSR count). The average Bonchev–Trinajstić information content (AvgIpc) is 3.05. The third-order valence-corrected chi connectivity index (χ3v) is 6.72. The summed E-state index contributed by atoms with van der Waals surface area (Å²) in [6.07, 6.45) is 0. The van der Waals surface area contributed by atoms with Gasteiger partial charge in [0.15, 0.2) is 0 Å². The highest BCUT2D eigenvalue weighted by Gasteiger charge is 2.42. The largest absolute Gasteiger partial charge is 0.336 e. The van der Waals surface area contributed by atoms with E-state index in [-0.39, 0.29) is 17.0 Å². The molecule has 2 saturated heterocycles. The molecule has 0 unspecified atom stereocenters. The summed E-state index contributed by atoms with van der Waals surface area (Å²) in [5.74, 6) is 0. The van der Waals surface area contributed by atoms with Crippen LogP contribution in [0.25, 0.3) is 10.2 Å². The summed E-state index contributed by atoms with van der Waals surface area (Å²) in [4.78, 5) is 17.7. The Bertz CT molecular complexity index is 842. The van der Waals surface area contributed by atoms with E-state index < -0.39 is 10.0 Å². The van der Waals surface area contributed by atoms with Crippen LogP contribution < -0.4 is 5.32 Å². The van der Waals surface area contributed by atoms with E-state index in [2.05, 4.69) is 10.3 Å². The molecule has 2 amide bonds. The van der Waals surface area contributed by atoms with Crippen LogP contribution in [0.4, 0.5) is 4.79 Å². The fourth-order valence-electron chi connectivity index (χ4n) is 2.79. The van der Waals surface area contributed by atoms with Gasteiger partial charge in [0.2, 0.25) is 10.0 Å². The fourth-order valence-corrected chi connectivity index (χ4v) is 5.12. The van der Waals surface area contributed by atoms with Gasteiger partial charge in [-0.05, 0) is 18.2 Å². The first-order valence-corrected chi connectivity index (χ1v) is 9.25. The van der Waals surface area contributed by atoms with E-state index in [1.807, 2.05) is 0 Å². The van der Waals surface area contributed by atoms with Gasteiger partial charge in [0, 0.05) is 26.2 Å². The number of carbonyl (C=O) groups is 1. The predicted molar refractivity (Wildman–Crippen MR) is 82.3 cm³/mol. The third-order valence-electron chi connectivity index (χ3n) is 4.10. The lowest BCUT2D eigenvalue weighted by Gasteiger charge is -2.42. The average molecular weight is 338 g/mol. The minimum atomic E-state index is -3.50. The molecule has 2 aromatic rings. The molecule has 3 heterocycles. The van der Waals surface area contributed by atoms with E-state index in [4.69, 9.17) is 0 Å². The van der Waals surface area contributed by atoms with Gasteiger partial charge in [0.1, 0.15) is 0 Å². The van der Waals surface area contributed by atoms with Crippen molar-refractivity contribution in [3.05, 3.63) is 23.7 Å². The summed E-state index contributed by atoms with van der Waals surface area (Å²) < 4.78 is 27.5. The SMILES string of the molecule is O=C1NCCN1C1CN(S(=O)(=O)c2ccc3ncsc3c2)C1. The molecule has 1 aromatic carbocycles. The normalized spacial score (nSPS) is 20.4. The molecule has 22 heavy (non-hydrogen) atoms. The zero-order chi connectivity index (χ0) is 15.3. The standard InChI is InChI=1S/C13H14N4O3S2/c18-13-14-3-4-17(13)9-6-16(7-9)22(19,20)10-1-2-11-12(5-10)21-8-15-11/h1-2,5,8-9H,3-4,6-7H2,(H,14,18). The molecule has 1 N–H and O–H groups in total. The van der Waals surface area contributed by atoms with Crippen LogP contribution in [0.2, 0.25) is 0 Å². The summed E-state index contributed by atoms with van der Waals surface area (Å²) >= 11 is 1.42. The topological polar surface area (TPSA) is 82.6 Å². The molecule has 0 spiro atoms. The molecule has 0 radical (unpaired) electrons. The van der Waals surface area contributed by atoms with Crippen molar-refractivity contribution in [3.63, 3.8) is 0 Å². The number of carbonyl (C=O) groups excluding carboxylic acids is 1. The van der Waals surface area contributed by atoms with Crippen LogP contribution >= 0.6 is 11.3 Å². The van der Waals surface area contributed by atoms with Crippen LogP contribution in [-0.2, 0) is 10.0 Å². The second kappa shape index (κ2) is 4.90. The third kappa shape index (κ3) is 2.08. The van der Waals surface area contributed by atoms with Crippen molar-refractivity contribution >= 4 is 37.6 Å². The van der Waals surface area contributed by atoms with Crippen LogP contribution in [0.1, 0.15) is 0 Å². The number of sulfonamides is 1. The van der Waals surface area contributed by atoms with E-state index in [0.717, 1.165) is 10.2 Å². The molecule has 0 saturated carbocycles. The molecule has 2 aliphatic rings. The Kier molecular flexibility index (Phi) is 3.10. The summed E-state index contributed by atoms with van der Waals surface area (Å²) in [5, 5.41) is 2.73. The molecule has 116 valence electrons. The van der Waals surface area contributed by atoms with E-state index >= 15 is 0 Å². The molecule has 1 aromatic heterocycles. The van der Waals surface area contributed by atoms with E-state index in [9.17, 15) is 13.2 Å². The van der Waals surface area contributed by atoms with E-state index in [0.29, 0.717) is 26.2 Å². The van der Waals surface area contributed by atoms with Crippen LogP contribution in [0, 0.1) is 0 Å². The van der Waals surface area contributed by atoms with E-state index in [1.54, 1.807) is 28.6 Å². The Morgan fingerprint density at radius 3 is 2.86 bits per heavy atom. The molecule has 0 atom stereocenters. The highest BCUT2D eigenvalue weighted by atomic mass is 32.2. The second-order valence-corrected chi connectivity index (χ2v) is 8.21. The Morgan fingerprint density at radius 2 is 2.14 bits per heavy atom. The van der Waals surface area contributed by atoms with Gasteiger partial charge >= 0.3 is 6.03 Å². The number of benzene rings is 1. The van der Waals surface area contributed by atoms with Gasteiger partial charge in [-0.2, -0.15) is 4.31 Å². The fraction of sp³-hybridized carbons (Fsp3) is 0.385. The molecule has 2 fully saturated rings. The minimum Gasteiger partial charge on any atom is -0.336 e. The number of aromatic nitrogens is 1. The first kappa shape index (κ1) is 13.9. The molecule has 9 heteroatoms. The number of thiazole rings is 1. The Balaban J connectivity index is 1.53. The number of fused-ring (bicyclic) bond motifs is 1. The zero-order valence-corrected chi connectivity index (χ0v) is 13.2. The lowest BCUT2D eigenvalue weighted by Crippen LogP contribution is -2.61. The van der Waals surface area contributed by atoms with Gasteiger partial charge in [-0.3, -0.25) is 0 Å². The summed E-state index contributed by atoms with van der Waals surface area (Å²) in [7, 11) is -3.50. The van der Waals surface area contributed by atoms with Crippen molar-refractivity contribution in [3.8, 4) is 0 Å². The molecule has 0 bridgehead atoms. The van der Waals surface area contributed by atoms with Crippen molar-refractivity contribution in [2.24, 2.45) is 0 Å². The van der Waals surface area contributed by atoms with Crippen molar-refractivity contribution in [2.75, 3.05) is 26.2 Å². The lowest BCUT2D eigenvalue weighted by atomic mass is 10.1. The summed E-state index contributed by atoms with van der Waals surface area (Å²) in [5.41, 5.74) is 2.51. The number of urea groups is 1. The Labute approximate surface area is 131 Å². The van der Waals surface area contributed by atoms with Crippen LogP contribution in [0.15, 0.2) is 28.6 Å². The van der Waals surface area contributed by atoms with Crippen molar-refractivity contribution in [2.45, 2.75) is 10.9 Å². The van der Waals surface area contributed by atoms with Crippen LogP contribution in [0.3, 0.4) is 0 Å². The number of hydrogen-bond acceptors (Lipinski definition) is 5. The molecule has 7 nitrogen and oxygen atoms in total. The smallest absolute Gasteiger partial charge is 0.317 e. The number of nitrogens with zero attached hydrogens (tertiary/aromatic N) is 3. The van der Waals surface area contributed by atoms with Gasteiger partial charge in [-0.25, -0.2) is 18.2 Å². The maximum absolute atomic E-state index is 12.6. The lowest BCUT2D eigenvalue weighted by molar-refractivity contribution is 0.124. The quantitative estimate of drug-likeness (QED) is 0.893. The maximum atomic E-state index is 12.6. The Hall–Kier alpha value is -1.71. The number of hydrogen-bond donors (Lipinski definition) is 1. The molecular weight excluding hydrogens is 324 g/mol. The van der Waals surface area contributed by atoms with Gasteiger partial charge in [-0.15, -0.1) is 11.3 Å². The van der Waals surface area contributed by atoms with Gasteiger partial charge < -0.3 is 10.2 Å². The minimum absolute atomic E-state index is 0.0237. The van der Waals surface area contributed by atoms with Gasteiger partial charge in [-0.1, -0.05) is 0 Å². The zero-order valence-electron chi connectivity index (χ0n) is 11.6. The molecule has 0 aliphatic carbocycles. The molecular formula is C13H14N4O3S2. The first-order chi connectivity index (χ1) is 10.6.